The molecule has 0 amide bonds. The van der Waals surface area contributed by atoms with Gasteiger partial charge in [0.2, 0.25) is 5.88 Å². The Morgan fingerprint density at radius 2 is 1.97 bits per heavy atom. The zero-order valence-electron chi connectivity index (χ0n) is 16.8. The molecular formula is C22H21N3O4S. The van der Waals surface area contributed by atoms with E-state index in [9.17, 15) is 0 Å². The van der Waals surface area contributed by atoms with Crippen molar-refractivity contribution in [2.24, 2.45) is 0 Å². The third-order valence-electron chi connectivity index (χ3n) is 5.31. The summed E-state index contributed by atoms with van der Waals surface area (Å²) in [6.45, 7) is 0.238. The van der Waals surface area contributed by atoms with E-state index in [1.807, 2.05) is 24.3 Å². The average Bonchev–Trinajstić information content (AvgIpc) is 3.42. The summed E-state index contributed by atoms with van der Waals surface area (Å²) in [4.78, 5) is 11.2. The van der Waals surface area contributed by atoms with Gasteiger partial charge >= 0.3 is 0 Å². The van der Waals surface area contributed by atoms with Crippen LogP contribution in [0.4, 0.5) is 0 Å². The van der Waals surface area contributed by atoms with E-state index in [-0.39, 0.29) is 6.61 Å². The molecule has 0 unspecified atom stereocenters. The van der Waals surface area contributed by atoms with Gasteiger partial charge in [-0.3, -0.25) is 0 Å². The number of aryl methyl sites for hydroxylation is 2. The molecule has 1 aliphatic carbocycles. The number of rotatable bonds is 6. The van der Waals surface area contributed by atoms with Crippen LogP contribution >= 0.6 is 11.3 Å². The van der Waals surface area contributed by atoms with Crippen molar-refractivity contribution in [3.05, 3.63) is 46.8 Å². The summed E-state index contributed by atoms with van der Waals surface area (Å²) < 4.78 is 22.3. The van der Waals surface area contributed by atoms with Crippen LogP contribution in [0, 0.1) is 0 Å². The summed E-state index contributed by atoms with van der Waals surface area (Å²) in [6, 6.07) is 7.43. The zero-order chi connectivity index (χ0) is 20.5. The fraction of sp³-hybridized carbons (Fsp3) is 0.318. The van der Waals surface area contributed by atoms with Gasteiger partial charge in [0.1, 0.15) is 28.4 Å². The van der Waals surface area contributed by atoms with Crippen molar-refractivity contribution in [2.45, 2.75) is 32.3 Å². The van der Waals surface area contributed by atoms with Gasteiger partial charge in [0.25, 0.3) is 0 Å². The number of aromatic nitrogens is 3. The van der Waals surface area contributed by atoms with Crippen LogP contribution in [-0.4, -0.2) is 29.3 Å². The SMILES string of the molecule is COc1ccc(-c2cc(COc3ncnc4sc5c(c34)CCCC5)on2)c(OC)c1. The first-order chi connectivity index (χ1) is 14.8. The molecule has 0 bridgehead atoms. The molecule has 154 valence electrons. The van der Waals surface area contributed by atoms with E-state index in [1.165, 1.54) is 23.3 Å². The van der Waals surface area contributed by atoms with Gasteiger partial charge in [0, 0.05) is 22.6 Å². The highest BCUT2D eigenvalue weighted by molar-refractivity contribution is 7.18. The molecule has 0 atom stereocenters. The Kier molecular flexibility index (Phi) is 5.00. The summed E-state index contributed by atoms with van der Waals surface area (Å²) in [5, 5.41) is 5.23. The van der Waals surface area contributed by atoms with Gasteiger partial charge in [-0.15, -0.1) is 11.3 Å². The van der Waals surface area contributed by atoms with E-state index < -0.39 is 0 Å². The molecule has 5 rings (SSSR count). The van der Waals surface area contributed by atoms with Gasteiger partial charge < -0.3 is 18.7 Å². The molecule has 0 saturated carbocycles. The Morgan fingerprint density at radius 3 is 2.83 bits per heavy atom. The minimum atomic E-state index is 0.238. The van der Waals surface area contributed by atoms with Crippen LogP contribution in [0.25, 0.3) is 21.5 Å². The summed E-state index contributed by atoms with van der Waals surface area (Å²) in [5.74, 6) is 2.60. The number of fused-ring (bicyclic) bond motifs is 3. The van der Waals surface area contributed by atoms with E-state index in [4.69, 9.17) is 18.7 Å². The number of hydrogen-bond acceptors (Lipinski definition) is 8. The quantitative estimate of drug-likeness (QED) is 0.440. The second kappa shape index (κ2) is 7.95. The smallest absolute Gasteiger partial charge is 0.226 e. The molecular weight excluding hydrogens is 402 g/mol. The number of benzene rings is 1. The Morgan fingerprint density at radius 1 is 1.07 bits per heavy atom. The number of nitrogens with zero attached hydrogens (tertiary/aromatic N) is 3. The van der Waals surface area contributed by atoms with E-state index in [0.29, 0.717) is 23.1 Å². The molecule has 4 aromatic rings. The van der Waals surface area contributed by atoms with Crippen molar-refractivity contribution in [1.82, 2.24) is 15.1 Å². The maximum atomic E-state index is 6.04. The van der Waals surface area contributed by atoms with E-state index in [2.05, 4.69) is 15.1 Å². The highest BCUT2D eigenvalue weighted by atomic mass is 32.1. The topological polar surface area (TPSA) is 79.5 Å². The Labute approximate surface area is 177 Å². The average molecular weight is 423 g/mol. The number of methoxy groups -OCH3 is 2. The molecule has 0 spiro atoms. The predicted octanol–water partition coefficient (Wildman–Crippen LogP) is 4.82. The summed E-state index contributed by atoms with van der Waals surface area (Å²) >= 11 is 1.75. The molecule has 0 radical (unpaired) electrons. The van der Waals surface area contributed by atoms with Crippen molar-refractivity contribution in [2.75, 3.05) is 14.2 Å². The molecule has 0 fully saturated rings. The van der Waals surface area contributed by atoms with E-state index in [1.54, 1.807) is 31.9 Å². The van der Waals surface area contributed by atoms with Crippen molar-refractivity contribution in [3.63, 3.8) is 0 Å². The molecule has 1 aromatic carbocycles. The molecule has 3 aromatic heterocycles. The highest BCUT2D eigenvalue weighted by Gasteiger charge is 2.21. The van der Waals surface area contributed by atoms with Crippen LogP contribution in [0.1, 0.15) is 29.0 Å². The van der Waals surface area contributed by atoms with Crippen LogP contribution in [0.15, 0.2) is 35.1 Å². The van der Waals surface area contributed by atoms with Crippen molar-refractivity contribution in [3.8, 4) is 28.6 Å². The first-order valence-corrected chi connectivity index (χ1v) is 10.6. The molecule has 7 nitrogen and oxygen atoms in total. The van der Waals surface area contributed by atoms with Gasteiger partial charge in [-0.1, -0.05) is 5.16 Å². The lowest BCUT2D eigenvalue weighted by atomic mass is 9.97. The predicted molar refractivity (Wildman–Crippen MR) is 113 cm³/mol. The van der Waals surface area contributed by atoms with Crippen molar-refractivity contribution < 1.29 is 18.7 Å². The van der Waals surface area contributed by atoms with Crippen LogP contribution < -0.4 is 14.2 Å². The summed E-state index contributed by atoms with van der Waals surface area (Å²) in [7, 11) is 3.24. The van der Waals surface area contributed by atoms with Gasteiger partial charge in [0.05, 0.1) is 19.6 Å². The lowest BCUT2D eigenvalue weighted by Crippen LogP contribution is -2.01. The largest absolute Gasteiger partial charge is 0.497 e. The monoisotopic (exact) mass is 423 g/mol. The number of thiophene rings is 1. The van der Waals surface area contributed by atoms with E-state index in [0.717, 1.165) is 34.4 Å². The fourth-order valence-corrected chi connectivity index (χ4v) is 5.05. The minimum Gasteiger partial charge on any atom is -0.497 e. The van der Waals surface area contributed by atoms with E-state index >= 15 is 0 Å². The molecule has 30 heavy (non-hydrogen) atoms. The lowest BCUT2D eigenvalue weighted by Gasteiger charge is -2.11. The van der Waals surface area contributed by atoms with Gasteiger partial charge in [0.15, 0.2) is 12.4 Å². The van der Waals surface area contributed by atoms with Crippen LogP contribution in [0.5, 0.6) is 17.4 Å². The molecule has 8 heteroatoms. The Hall–Kier alpha value is -3.13. The Bertz CT molecular complexity index is 1200. The van der Waals surface area contributed by atoms with Gasteiger partial charge in [-0.2, -0.15) is 0 Å². The van der Waals surface area contributed by atoms with Crippen molar-refractivity contribution in [1.29, 1.82) is 0 Å². The molecule has 1 aliphatic rings. The number of ether oxygens (including phenoxy) is 3. The second-order valence-electron chi connectivity index (χ2n) is 7.10. The van der Waals surface area contributed by atoms with Gasteiger partial charge in [-0.05, 0) is 43.4 Å². The maximum absolute atomic E-state index is 6.04. The minimum absolute atomic E-state index is 0.238. The van der Waals surface area contributed by atoms with Crippen LogP contribution in [0.3, 0.4) is 0 Å². The standard InChI is InChI=1S/C22H21N3O4S/c1-26-13-7-8-15(18(10-13)27-2)17-9-14(29-25-17)11-28-21-20-16-5-3-4-6-19(16)30-22(20)24-12-23-21/h7-10,12H,3-6,11H2,1-2H3. The zero-order valence-corrected chi connectivity index (χ0v) is 17.6. The van der Waals surface area contributed by atoms with Crippen molar-refractivity contribution >= 4 is 21.6 Å². The molecule has 3 heterocycles. The summed E-state index contributed by atoms with van der Waals surface area (Å²) in [5.41, 5.74) is 2.84. The van der Waals surface area contributed by atoms with Crippen LogP contribution in [0.2, 0.25) is 0 Å². The first-order valence-electron chi connectivity index (χ1n) is 9.83. The summed E-state index contributed by atoms with van der Waals surface area (Å²) in [6.07, 6.45) is 6.17. The number of hydrogen-bond donors (Lipinski definition) is 0. The third kappa shape index (κ3) is 3.37. The van der Waals surface area contributed by atoms with Gasteiger partial charge in [-0.25, -0.2) is 9.97 Å². The third-order valence-corrected chi connectivity index (χ3v) is 6.51. The maximum Gasteiger partial charge on any atom is 0.226 e. The molecule has 0 aliphatic heterocycles. The molecule has 0 saturated heterocycles. The first kappa shape index (κ1) is 18.9. The second-order valence-corrected chi connectivity index (χ2v) is 8.19. The highest BCUT2D eigenvalue weighted by Crippen LogP contribution is 2.39. The fourth-order valence-electron chi connectivity index (χ4n) is 3.83. The lowest BCUT2D eigenvalue weighted by molar-refractivity contribution is 0.244. The Balaban J connectivity index is 1.39. The van der Waals surface area contributed by atoms with Crippen LogP contribution in [-0.2, 0) is 19.4 Å². The molecule has 0 N–H and O–H groups in total. The normalized spacial score (nSPS) is 13.3.